The minimum atomic E-state index is 0.255. The maximum atomic E-state index is 5.86. The first-order valence-corrected chi connectivity index (χ1v) is 10.1. The molecule has 0 bridgehead atoms. The average molecular weight is 372 g/mol. The van der Waals surface area contributed by atoms with Gasteiger partial charge in [0, 0.05) is 11.5 Å². The van der Waals surface area contributed by atoms with E-state index in [4.69, 9.17) is 4.42 Å². The van der Waals surface area contributed by atoms with Crippen molar-refractivity contribution in [3.05, 3.63) is 113 Å². The van der Waals surface area contributed by atoms with Crippen LogP contribution in [0.15, 0.2) is 95.6 Å². The highest BCUT2D eigenvalue weighted by Gasteiger charge is 2.22. The van der Waals surface area contributed by atoms with E-state index in [9.17, 15) is 0 Å². The van der Waals surface area contributed by atoms with Crippen LogP contribution in [-0.4, -0.2) is 0 Å². The zero-order valence-corrected chi connectivity index (χ0v) is 16.2. The minimum Gasteiger partial charge on any atom is -0.464 e. The Bertz CT molecular complexity index is 1420. The van der Waals surface area contributed by atoms with E-state index in [0.29, 0.717) is 0 Å². The lowest BCUT2D eigenvalue weighted by Gasteiger charge is -2.17. The molecule has 4 aromatic carbocycles. The number of hydrogen-bond donors (Lipinski definition) is 0. The van der Waals surface area contributed by atoms with E-state index in [-0.39, 0.29) is 5.92 Å². The van der Waals surface area contributed by atoms with Crippen LogP contribution in [0.5, 0.6) is 0 Å². The normalized spacial score (nSPS) is 15.3. The molecule has 1 atom stereocenters. The van der Waals surface area contributed by atoms with Gasteiger partial charge in [0.05, 0.1) is 6.26 Å². The van der Waals surface area contributed by atoms with Gasteiger partial charge in [-0.1, -0.05) is 60.7 Å². The van der Waals surface area contributed by atoms with Crippen LogP contribution in [0.4, 0.5) is 0 Å². The van der Waals surface area contributed by atoms with E-state index >= 15 is 0 Å². The van der Waals surface area contributed by atoms with E-state index < -0.39 is 0 Å². The molecule has 0 aliphatic heterocycles. The topological polar surface area (TPSA) is 13.1 Å². The molecule has 1 unspecified atom stereocenters. The molecule has 0 spiro atoms. The number of hydrogen-bond acceptors (Lipinski definition) is 1. The van der Waals surface area contributed by atoms with E-state index in [1.54, 1.807) is 6.26 Å². The van der Waals surface area contributed by atoms with Crippen molar-refractivity contribution >= 4 is 27.6 Å². The molecule has 1 aliphatic carbocycles. The second-order valence-electron chi connectivity index (χ2n) is 7.88. The zero-order valence-electron chi connectivity index (χ0n) is 16.2. The summed E-state index contributed by atoms with van der Waals surface area (Å²) < 4.78 is 5.86. The van der Waals surface area contributed by atoms with Crippen LogP contribution in [0.1, 0.15) is 28.2 Å². The van der Waals surface area contributed by atoms with Gasteiger partial charge in [0.25, 0.3) is 0 Å². The lowest BCUT2D eigenvalue weighted by molar-refractivity contribution is 0.581. The molecule has 1 aliphatic rings. The van der Waals surface area contributed by atoms with E-state index in [1.165, 1.54) is 43.8 Å². The first kappa shape index (κ1) is 16.4. The summed E-state index contributed by atoms with van der Waals surface area (Å²) in [5.41, 5.74) is 6.32. The number of aryl methyl sites for hydroxylation is 1. The summed E-state index contributed by atoms with van der Waals surface area (Å²) in [6.07, 6.45) is 6.35. The molecule has 138 valence electrons. The number of rotatable bonds is 2. The fourth-order valence-electron chi connectivity index (χ4n) is 4.66. The van der Waals surface area contributed by atoms with Crippen molar-refractivity contribution in [1.29, 1.82) is 0 Å². The molecule has 0 N–H and O–H groups in total. The number of fused-ring (bicyclic) bond motifs is 3. The molecule has 0 amide bonds. The average Bonchev–Trinajstić information content (AvgIpc) is 3.37. The monoisotopic (exact) mass is 372 g/mol. The standard InChI is InChI=1S/C28H20O/c1-18-12-13-29-28(18)23-15-22-14-20-7-2-3-8-21(20)16-26(22)27(17-23)25-11-10-19-6-4-5-9-24(19)25/h2-17,25H,1H3. The Labute approximate surface area is 169 Å². The molecule has 0 saturated heterocycles. The molecule has 0 radical (unpaired) electrons. The second kappa shape index (κ2) is 6.22. The van der Waals surface area contributed by atoms with E-state index in [1.807, 2.05) is 6.07 Å². The Hall–Kier alpha value is -3.58. The van der Waals surface area contributed by atoms with Crippen molar-refractivity contribution in [2.24, 2.45) is 0 Å². The highest BCUT2D eigenvalue weighted by molar-refractivity contribution is 6.02. The fraction of sp³-hybridized carbons (Fsp3) is 0.0714. The first-order valence-electron chi connectivity index (χ1n) is 10.1. The molecule has 1 heteroatoms. The molecular weight excluding hydrogens is 352 g/mol. The highest BCUT2D eigenvalue weighted by Crippen LogP contribution is 2.41. The quantitative estimate of drug-likeness (QED) is 0.289. The van der Waals surface area contributed by atoms with Gasteiger partial charge in [-0.25, -0.2) is 0 Å². The van der Waals surface area contributed by atoms with Gasteiger partial charge in [0.1, 0.15) is 5.76 Å². The molecular formula is C28H20O. The van der Waals surface area contributed by atoms with Crippen molar-refractivity contribution < 1.29 is 4.42 Å². The van der Waals surface area contributed by atoms with Gasteiger partial charge in [-0.05, 0) is 81.1 Å². The van der Waals surface area contributed by atoms with Crippen LogP contribution in [0, 0.1) is 6.92 Å². The largest absolute Gasteiger partial charge is 0.464 e. The Balaban J connectivity index is 1.68. The molecule has 0 fully saturated rings. The lowest BCUT2D eigenvalue weighted by Crippen LogP contribution is -1.98. The van der Waals surface area contributed by atoms with Gasteiger partial charge in [-0.15, -0.1) is 0 Å². The Morgan fingerprint density at radius 1 is 0.724 bits per heavy atom. The minimum absolute atomic E-state index is 0.255. The van der Waals surface area contributed by atoms with Gasteiger partial charge >= 0.3 is 0 Å². The SMILES string of the molecule is Cc1ccoc1-c1cc(C2C=Cc3ccccc32)c2cc3ccccc3cc2c1. The van der Waals surface area contributed by atoms with Crippen molar-refractivity contribution in [2.45, 2.75) is 12.8 Å². The van der Waals surface area contributed by atoms with Gasteiger partial charge in [-0.2, -0.15) is 0 Å². The third-order valence-electron chi connectivity index (χ3n) is 6.11. The molecule has 1 nitrogen and oxygen atoms in total. The number of allylic oxidation sites excluding steroid dienone is 1. The van der Waals surface area contributed by atoms with Crippen LogP contribution >= 0.6 is 0 Å². The lowest BCUT2D eigenvalue weighted by atomic mass is 9.86. The molecule has 29 heavy (non-hydrogen) atoms. The third kappa shape index (κ3) is 2.55. The Morgan fingerprint density at radius 3 is 2.34 bits per heavy atom. The van der Waals surface area contributed by atoms with Crippen molar-refractivity contribution in [1.82, 2.24) is 0 Å². The summed E-state index contributed by atoms with van der Waals surface area (Å²) in [4.78, 5) is 0. The molecule has 6 rings (SSSR count). The van der Waals surface area contributed by atoms with Crippen LogP contribution in [0.3, 0.4) is 0 Å². The number of furan rings is 1. The summed E-state index contributed by atoms with van der Waals surface area (Å²) in [5, 5.41) is 5.10. The number of benzene rings is 4. The zero-order chi connectivity index (χ0) is 19.4. The van der Waals surface area contributed by atoms with Gasteiger partial charge < -0.3 is 4.42 Å². The molecule has 1 heterocycles. The summed E-state index contributed by atoms with van der Waals surface area (Å²) in [6, 6.07) is 28.6. The predicted molar refractivity (Wildman–Crippen MR) is 121 cm³/mol. The van der Waals surface area contributed by atoms with Gasteiger partial charge in [0.2, 0.25) is 0 Å². The Morgan fingerprint density at radius 2 is 1.52 bits per heavy atom. The summed E-state index contributed by atoms with van der Waals surface area (Å²) in [7, 11) is 0. The van der Waals surface area contributed by atoms with Crippen molar-refractivity contribution in [3.63, 3.8) is 0 Å². The van der Waals surface area contributed by atoms with E-state index in [2.05, 4.69) is 91.9 Å². The Kier molecular flexibility index (Phi) is 3.51. The smallest absolute Gasteiger partial charge is 0.136 e. The van der Waals surface area contributed by atoms with Crippen LogP contribution in [-0.2, 0) is 0 Å². The van der Waals surface area contributed by atoms with Crippen LogP contribution in [0.2, 0.25) is 0 Å². The van der Waals surface area contributed by atoms with Crippen molar-refractivity contribution in [2.75, 3.05) is 0 Å². The summed E-state index contributed by atoms with van der Waals surface area (Å²) in [6.45, 7) is 2.11. The summed E-state index contributed by atoms with van der Waals surface area (Å²) in [5.74, 6) is 1.21. The molecule has 1 aromatic heterocycles. The van der Waals surface area contributed by atoms with Gasteiger partial charge in [0.15, 0.2) is 0 Å². The predicted octanol–water partition coefficient (Wildman–Crippen LogP) is 7.72. The first-order chi connectivity index (χ1) is 14.3. The fourth-order valence-corrected chi connectivity index (χ4v) is 4.66. The van der Waals surface area contributed by atoms with Crippen molar-refractivity contribution in [3.8, 4) is 11.3 Å². The maximum absolute atomic E-state index is 5.86. The van der Waals surface area contributed by atoms with Gasteiger partial charge in [-0.3, -0.25) is 0 Å². The molecule has 5 aromatic rings. The highest BCUT2D eigenvalue weighted by atomic mass is 16.3. The molecule has 0 saturated carbocycles. The summed E-state index contributed by atoms with van der Waals surface area (Å²) >= 11 is 0. The second-order valence-corrected chi connectivity index (χ2v) is 7.88. The third-order valence-corrected chi connectivity index (χ3v) is 6.11. The van der Waals surface area contributed by atoms with E-state index in [0.717, 1.165) is 11.3 Å². The maximum Gasteiger partial charge on any atom is 0.136 e. The van der Waals surface area contributed by atoms with Crippen LogP contribution in [0.25, 0.3) is 38.9 Å². The van der Waals surface area contributed by atoms with Crippen LogP contribution < -0.4 is 0 Å².